The van der Waals surface area contributed by atoms with Crippen molar-refractivity contribution in [3.05, 3.63) is 74.7 Å². The van der Waals surface area contributed by atoms with E-state index in [1.807, 2.05) is 34.7 Å². The molecule has 4 aromatic heterocycles. The summed E-state index contributed by atoms with van der Waals surface area (Å²) in [5.74, 6) is 1.35. The van der Waals surface area contributed by atoms with Crippen molar-refractivity contribution in [2.45, 2.75) is 66.6 Å². The predicted octanol–water partition coefficient (Wildman–Crippen LogP) is 4.31. The second-order valence-electron chi connectivity index (χ2n) is 13.7. The fraction of sp³-hybridized carbons (Fsp3) is 0.486. The normalized spacial score (nSPS) is 17.3. The van der Waals surface area contributed by atoms with Crippen molar-refractivity contribution in [1.29, 1.82) is 0 Å². The Morgan fingerprint density at radius 3 is 2.65 bits per heavy atom. The van der Waals surface area contributed by atoms with Gasteiger partial charge in [-0.05, 0) is 60.9 Å². The number of ether oxygens (including phenoxy) is 1. The Kier molecular flexibility index (Phi) is 7.64. The molecule has 0 atom stereocenters. The number of rotatable bonds is 8. The molecule has 2 aliphatic heterocycles. The van der Waals surface area contributed by atoms with Crippen molar-refractivity contribution in [3.8, 4) is 11.1 Å². The van der Waals surface area contributed by atoms with Gasteiger partial charge < -0.3 is 19.2 Å². The van der Waals surface area contributed by atoms with Crippen LogP contribution in [0.3, 0.4) is 0 Å². The lowest BCUT2D eigenvalue weighted by molar-refractivity contribution is 0.0963. The third-order valence-electron chi connectivity index (χ3n) is 10.0. The van der Waals surface area contributed by atoms with Crippen molar-refractivity contribution >= 4 is 23.2 Å². The number of nitrogens with one attached hydrogen (secondary N) is 1. The van der Waals surface area contributed by atoms with E-state index in [9.17, 15) is 9.59 Å². The number of amides is 1. The van der Waals surface area contributed by atoms with Gasteiger partial charge in [0.25, 0.3) is 11.5 Å². The van der Waals surface area contributed by atoms with Crippen molar-refractivity contribution in [3.63, 3.8) is 0 Å². The van der Waals surface area contributed by atoms with E-state index in [1.165, 1.54) is 11.3 Å². The molecule has 0 fully saturated rings. The van der Waals surface area contributed by atoms with Crippen LogP contribution in [0.4, 0.5) is 17.3 Å². The molecule has 1 N–H and O–H groups in total. The number of methoxy groups -OCH3 is 1. The number of anilines is 3. The Balaban J connectivity index is 1.21. The summed E-state index contributed by atoms with van der Waals surface area (Å²) in [6.07, 6.45) is 4.47. The Morgan fingerprint density at radius 2 is 1.87 bits per heavy atom. The summed E-state index contributed by atoms with van der Waals surface area (Å²) in [5.41, 5.74) is 8.79. The minimum Gasteiger partial charge on any atom is -0.383 e. The van der Waals surface area contributed by atoms with E-state index in [4.69, 9.17) is 14.8 Å². The van der Waals surface area contributed by atoms with Crippen molar-refractivity contribution < 1.29 is 9.53 Å². The highest BCUT2D eigenvalue weighted by Crippen LogP contribution is 2.40. The number of carbonyl (C=O) groups is 1. The van der Waals surface area contributed by atoms with Crippen LogP contribution in [-0.4, -0.2) is 68.1 Å². The topological polar surface area (TPSA) is 102 Å². The second kappa shape index (κ2) is 11.5. The molecule has 0 saturated heterocycles. The van der Waals surface area contributed by atoms with Gasteiger partial charge in [0.05, 0.1) is 18.8 Å². The van der Waals surface area contributed by atoms with Gasteiger partial charge in [-0.2, -0.15) is 5.10 Å². The molecular formula is C35H44N8O3. The average molecular weight is 625 g/mol. The van der Waals surface area contributed by atoms with Crippen LogP contribution in [0, 0.1) is 12.3 Å². The Morgan fingerprint density at radius 1 is 1.04 bits per heavy atom. The van der Waals surface area contributed by atoms with Gasteiger partial charge in [0.2, 0.25) is 0 Å². The molecule has 0 bridgehead atoms. The van der Waals surface area contributed by atoms with Crippen LogP contribution < -0.4 is 15.8 Å². The molecule has 46 heavy (non-hydrogen) atoms. The smallest absolute Gasteiger partial charge is 0.276 e. The van der Waals surface area contributed by atoms with E-state index in [1.54, 1.807) is 24.9 Å². The molecule has 1 aliphatic carbocycles. The summed E-state index contributed by atoms with van der Waals surface area (Å²) in [7, 11) is 3.52. The van der Waals surface area contributed by atoms with Crippen LogP contribution in [0.15, 0.2) is 35.3 Å². The maximum absolute atomic E-state index is 14.0. The third kappa shape index (κ3) is 5.15. The SMILES string of the molecule is CCc1c(-c2cc(Nc3cc4n(n3)CCN(CCOC)C4)c(=O)n(C)c2C)ccnc1N1CCn2c(cc3c2CC(C)(C)C3)C1=O. The lowest BCUT2D eigenvalue weighted by atomic mass is 9.90. The highest BCUT2D eigenvalue weighted by molar-refractivity contribution is 6.06. The Bertz CT molecular complexity index is 1900. The summed E-state index contributed by atoms with van der Waals surface area (Å²) in [5, 5.41) is 8.09. The van der Waals surface area contributed by atoms with Gasteiger partial charge in [0, 0.05) is 81.7 Å². The average Bonchev–Trinajstić information content (AvgIpc) is 3.69. The van der Waals surface area contributed by atoms with Crippen LogP contribution in [0.25, 0.3) is 11.1 Å². The zero-order valence-electron chi connectivity index (χ0n) is 27.8. The number of pyridine rings is 2. The quantitative estimate of drug-likeness (QED) is 0.312. The molecule has 1 amide bonds. The number of hydrogen-bond acceptors (Lipinski definition) is 7. The van der Waals surface area contributed by atoms with Gasteiger partial charge >= 0.3 is 0 Å². The van der Waals surface area contributed by atoms with Gasteiger partial charge in [-0.3, -0.25) is 24.1 Å². The minimum atomic E-state index is -0.121. The van der Waals surface area contributed by atoms with E-state index < -0.39 is 0 Å². The summed E-state index contributed by atoms with van der Waals surface area (Å²) < 4.78 is 11.2. The molecule has 4 aromatic rings. The Hall–Kier alpha value is -4.22. The highest BCUT2D eigenvalue weighted by Gasteiger charge is 2.37. The lowest BCUT2D eigenvalue weighted by Gasteiger charge is -2.31. The summed E-state index contributed by atoms with van der Waals surface area (Å²) in [4.78, 5) is 36.4. The van der Waals surface area contributed by atoms with Crippen LogP contribution in [0.5, 0.6) is 0 Å². The monoisotopic (exact) mass is 624 g/mol. The van der Waals surface area contributed by atoms with Gasteiger partial charge in [-0.1, -0.05) is 20.8 Å². The maximum atomic E-state index is 14.0. The molecule has 0 aromatic carbocycles. The van der Waals surface area contributed by atoms with E-state index in [2.05, 4.69) is 41.6 Å². The molecule has 0 radical (unpaired) electrons. The van der Waals surface area contributed by atoms with Crippen molar-refractivity contribution in [1.82, 2.24) is 28.8 Å². The first-order chi connectivity index (χ1) is 22.1. The van der Waals surface area contributed by atoms with Gasteiger partial charge in [0.1, 0.15) is 17.2 Å². The van der Waals surface area contributed by atoms with Gasteiger partial charge in [-0.15, -0.1) is 0 Å². The first-order valence-corrected chi connectivity index (χ1v) is 16.4. The van der Waals surface area contributed by atoms with E-state index >= 15 is 0 Å². The van der Waals surface area contributed by atoms with Gasteiger partial charge in [0.15, 0.2) is 5.82 Å². The standard InChI is InChI=1S/C35H44N8O3/c1-7-25-26(8-9-36-32(25)42-12-11-41-29(34(42)45)16-23-19-35(3,4)20-30(23)41)27-18-28(33(44)39(5)22(27)2)37-31-17-24-21-40(14-15-46-6)10-13-43(24)38-31/h8-9,16-18H,7,10-15,19-21H2,1-6H3,(H,37,38). The van der Waals surface area contributed by atoms with E-state index in [0.717, 1.165) is 79.3 Å². The molecular weight excluding hydrogens is 580 g/mol. The molecule has 11 nitrogen and oxygen atoms in total. The minimum absolute atomic E-state index is 0.00174. The van der Waals surface area contributed by atoms with Crippen molar-refractivity contribution in [2.75, 3.05) is 43.6 Å². The summed E-state index contributed by atoms with van der Waals surface area (Å²) in [6.45, 7) is 14.0. The van der Waals surface area contributed by atoms with Crippen LogP contribution >= 0.6 is 0 Å². The molecule has 3 aliphatic rings. The largest absolute Gasteiger partial charge is 0.383 e. The van der Waals surface area contributed by atoms with Crippen LogP contribution in [0.2, 0.25) is 0 Å². The fourth-order valence-electron chi connectivity index (χ4n) is 7.55. The highest BCUT2D eigenvalue weighted by atomic mass is 16.5. The molecule has 0 saturated carbocycles. The van der Waals surface area contributed by atoms with E-state index in [-0.39, 0.29) is 16.9 Å². The second-order valence-corrected chi connectivity index (χ2v) is 13.7. The Labute approximate surface area is 269 Å². The molecule has 0 spiro atoms. The first-order valence-electron chi connectivity index (χ1n) is 16.4. The predicted molar refractivity (Wildman–Crippen MR) is 179 cm³/mol. The van der Waals surface area contributed by atoms with Crippen LogP contribution in [0.1, 0.15) is 59.5 Å². The van der Waals surface area contributed by atoms with Gasteiger partial charge in [-0.25, -0.2) is 4.98 Å². The molecule has 0 unspecified atom stereocenters. The number of nitrogens with zero attached hydrogens (tertiary/aromatic N) is 7. The van der Waals surface area contributed by atoms with E-state index in [0.29, 0.717) is 36.9 Å². The molecule has 11 heteroatoms. The number of carbonyl (C=O) groups excluding carboxylic acids is 1. The first kappa shape index (κ1) is 30.4. The number of aromatic nitrogens is 5. The zero-order valence-corrected chi connectivity index (χ0v) is 27.8. The zero-order chi connectivity index (χ0) is 32.3. The third-order valence-corrected chi connectivity index (χ3v) is 10.0. The molecule has 7 rings (SSSR count). The fourth-order valence-corrected chi connectivity index (χ4v) is 7.55. The number of fused-ring (bicyclic) bond motifs is 4. The molecule has 6 heterocycles. The summed E-state index contributed by atoms with van der Waals surface area (Å²) in [6, 6.07) is 8.05. The molecule has 242 valence electrons. The number of hydrogen-bond donors (Lipinski definition) is 1. The van der Waals surface area contributed by atoms with Crippen LogP contribution in [-0.2, 0) is 50.7 Å². The van der Waals surface area contributed by atoms with Crippen molar-refractivity contribution in [2.24, 2.45) is 12.5 Å². The lowest BCUT2D eigenvalue weighted by Crippen LogP contribution is -2.41. The maximum Gasteiger partial charge on any atom is 0.276 e. The summed E-state index contributed by atoms with van der Waals surface area (Å²) >= 11 is 0.